The Morgan fingerprint density at radius 3 is 2.35 bits per heavy atom. The molecule has 6 nitrogen and oxygen atoms in total. The minimum atomic E-state index is -2.98. The van der Waals surface area contributed by atoms with E-state index in [1.54, 1.807) is 0 Å². The fraction of sp³-hybridized carbons (Fsp3) is 0.458. The molecule has 168 valence electrons. The molecule has 1 amide bonds. The standard InChI is InChI=1S/C24H32N2O4S/c1-18-7-12-22(20-5-3-2-4-6-20)31(28,29)26(18)17-19-8-10-21(11-9-19)24(23(25)27)13-15-30-16-14-24/h2-6,8-11,18,22,28-29H,7,12-17H2,1H3,(H2,25,27)/t18-,22+/m0/s1. The number of benzene rings is 2. The lowest BCUT2D eigenvalue weighted by atomic mass is 9.73. The Hall–Kier alpha value is -1.90. The van der Waals surface area contributed by atoms with Gasteiger partial charge in [-0.3, -0.25) is 13.9 Å². The summed E-state index contributed by atoms with van der Waals surface area (Å²) >= 11 is 0. The van der Waals surface area contributed by atoms with E-state index >= 15 is 0 Å². The van der Waals surface area contributed by atoms with Crippen LogP contribution in [0.15, 0.2) is 54.6 Å². The summed E-state index contributed by atoms with van der Waals surface area (Å²) in [5.74, 6) is -0.312. The van der Waals surface area contributed by atoms with Crippen LogP contribution in [0.3, 0.4) is 0 Å². The highest BCUT2D eigenvalue weighted by Gasteiger charge is 2.42. The number of carbonyl (C=O) groups is 1. The van der Waals surface area contributed by atoms with Crippen LogP contribution in [0.4, 0.5) is 0 Å². The molecule has 2 aliphatic heterocycles. The van der Waals surface area contributed by atoms with Crippen molar-refractivity contribution in [2.45, 2.75) is 55.9 Å². The summed E-state index contributed by atoms with van der Waals surface area (Å²) in [6.45, 7) is 3.54. The van der Waals surface area contributed by atoms with Crippen LogP contribution in [0.1, 0.15) is 54.5 Å². The van der Waals surface area contributed by atoms with E-state index in [0.29, 0.717) is 32.6 Å². The van der Waals surface area contributed by atoms with Crippen LogP contribution in [0.5, 0.6) is 0 Å². The summed E-state index contributed by atoms with van der Waals surface area (Å²) in [5, 5.41) is -0.287. The Kier molecular flexibility index (Phi) is 6.42. The molecule has 31 heavy (non-hydrogen) atoms. The monoisotopic (exact) mass is 444 g/mol. The summed E-state index contributed by atoms with van der Waals surface area (Å²) in [5.41, 5.74) is 7.96. The zero-order chi connectivity index (χ0) is 22.1. The van der Waals surface area contributed by atoms with Crippen LogP contribution in [0.2, 0.25) is 0 Å². The van der Waals surface area contributed by atoms with Gasteiger partial charge in [0.05, 0.1) is 10.7 Å². The quantitative estimate of drug-likeness (QED) is 0.626. The SMILES string of the molecule is C[C@H]1CC[C@H](c2ccccc2)S(O)(O)N1Cc1ccc(C2(C(N)=O)CCOCC2)cc1. The van der Waals surface area contributed by atoms with Gasteiger partial charge in [0.1, 0.15) is 0 Å². The Balaban J connectivity index is 1.56. The van der Waals surface area contributed by atoms with Crippen LogP contribution < -0.4 is 5.73 Å². The average molecular weight is 445 g/mol. The zero-order valence-corrected chi connectivity index (χ0v) is 18.8. The predicted octanol–water partition coefficient (Wildman–Crippen LogP) is 4.61. The van der Waals surface area contributed by atoms with E-state index in [2.05, 4.69) is 0 Å². The van der Waals surface area contributed by atoms with Gasteiger partial charge in [0.25, 0.3) is 0 Å². The molecule has 2 aromatic carbocycles. The van der Waals surface area contributed by atoms with Gasteiger partial charge in [-0.1, -0.05) is 54.6 Å². The summed E-state index contributed by atoms with van der Waals surface area (Å²) < 4.78 is 29.8. The average Bonchev–Trinajstić information content (AvgIpc) is 2.78. The van der Waals surface area contributed by atoms with Gasteiger partial charge in [-0.15, -0.1) is 10.8 Å². The number of hydrogen-bond acceptors (Lipinski definition) is 5. The number of hydrogen-bond donors (Lipinski definition) is 3. The highest BCUT2D eigenvalue weighted by Crippen LogP contribution is 2.62. The number of ether oxygens (including phenoxy) is 1. The first-order valence-corrected chi connectivity index (χ1v) is 12.5. The minimum Gasteiger partial charge on any atom is -0.381 e. The molecule has 4 N–H and O–H groups in total. The fourth-order valence-corrected chi connectivity index (χ4v) is 7.17. The summed E-state index contributed by atoms with van der Waals surface area (Å²) in [7, 11) is -2.98. The van der Waals surface area contributed by atoms with Crippen LogP contribution in [0.25, 0.3) is 0 Å². The topological polar surface area (TPSA) is 96.0 Å². The van der Waals surface area contributed by atoms with Crippen molar-refractivity contribution in [3.05, 3.63) is 71.3 Å². The Labute approximate surface area is 185 Å². The molecule has 0 radical (unpaired) electrons. The number of carbonyl (C=O) groups excluding carboxylic acids is 1. The van der Waals surface area contributed by atoms with E-state index in [0.717, 1.165) is 29.5 Å². The molecule has 2 aliphatic rings. The number of rotatable bonds is 5. The number of nitrogens with zero attached hydrogens (tertiary/aromatic N) is 1. The van der Waals surface area contributed by atoms with Crippen molar-refractivity contribution >= 4 is 16.7 Å². The van der Waals surface area contributed by atoms with Gasteiger partial charge in [-0.05, 0) is 49.3 Å². The smallest absolute Gasteiger partial charge is 0.228 e. The molecule has 0 aromatic heterocycles. The van der Waals surface area contributed by atoms with E-state index < -0.39 is 16.2 Å². The molecular weight excluding hydrogens is 412 g/mol. The highest BCUT2D eigenvalue weighted by molar-refractivity contribution is 8.22. The molecule has 0 bridgehead atoms. The highest BCUT2D eigenvalue weighted by atomic mass is 32.3. The van der Waals surface area contributed by atoms with Crippen LogP contribution in [0, 0.1) is 0 Å². The maximum absolute atomic E-state index is 12.3. The maximum Gasteiger partial charge on any atom is 0.228 e. The van der Waals surface area contributed by atoms with Gasteiger partial charge < -0.3 is 10.5 Å². The molecule has 0 saturated carbocycles. The fourth-order valence-electron chi connectivity index (χ4n) is 4.90. The van der Waals surface area contributed by atoms with E-state index in [1.807, 2.05) is 65.8 Å². The second-order valence-electron chi connectivity index (χ2n) is 8.72. The van der Waals surface area contributed by atoms with Gasteiger partial charge in [-0.25, -0.2) is 0 Å². The summed E-state index contributed by atoms with van der Waals surface area (Å²) in [4.78, 5) is 12.3. The van der Waals surface area contributed by atoms with Gasteiger partial charge in [0.15, 0.2) is 0 Å². The molecule has 0 unspecified atom stereocenters. The lowest BCUT2D eigenvalue weighted by molar-refractivity contribution is -0.127. The van der Waals surface area contributed by atoms with Crippen molar-refractivity contribution in [1.29, 1.82) is 0 Å². The second-order valence-corrected chi connectivity index (χ2v) is 10.9. The van der Waals surface area contributed by atoms with Gasteiger partial charge in [0, 0.05) is 25.8 Å². The number of primary amides is 1. The third-order valence-electron chi connectivity index (χ3n) is 6.90. The van der Waals surface area contributed by atoms with Gasteiger partial charge >= 0.3 is 0 Å². The molecule has 0 aliphatic carbocycles. The van der Waals surface area contributed by atoms with Crippen molar-refractivity contribution in [1.82, 2.24) is 4.31 Å². The Morgan fingerprint density at radius 2 is 1.74 bits per heavy atom. The summed E-state index contributed by atoms with van der Waals surface area (Å²) in [6.07, 6.45) is 2.83. The second kappa shape index (κ2) is 8.92. The minimum absolute atomic E-state index is 0.0668. The first-order chi connectivity index (χ1) is 14.8. The van der Waals surface area contributed by atoms with E-state index in [9.17, 15) is 13.9 Å². The molecule has 7 heteroatoms. The van der Waals surface area contributed by atoms with E-state index in [4.69, 9.17) is 10.5 Å². The van der Waals surface area contributed by atoms with Crippen LogP contribution >= 0.6 is 10.8 Å². The Morgan fingerprint density at radius 1 is 1.10 bits per heavy atom. The van der Waals surface area contributed by atoms with Crippen molar-refractivity contribution in [2.75, 3.05) is 13.2 Å². The maximum atomic E-state index is 12.3. The van der Waals surface area contributed by atoms with Gasteiger partial charge in [0.2, 0.25) is 5.91 Å². The Bertz CT molecular complexity index is 898. The predicted molar refractivity (Wildman–Crippen MR) is 124 cm³/mol. The zero-order valence-electron chi connectivity index (χ0n) is 17.9. The molecule has 2 saturated heterocycles. The molecule has 0 spiro atoms. The van der Waals surface area contributed by atoms with Crippen molar-refractivity contribution in [3.8, 4) is 0 Å². The molecule has 2 heterocycles. The molecule has 2 fully saturated rings. The first kappa shape index (κ1) is 22.3. The third-order valence-corrected chi connectivity index (χ3v) is 9.35. The summed E-state index contributed by atoms with van der Waals surface area (Å²) in [6, 6.07) is 17.7. The van der Waals surface area contributed by atoms with E-state index in [1.165, 1.54) is 0 Å². The van der Waals surface area contributed by atoms with Gasteiger partial charge in [-0.2, -0.15) is 4.31 Å². The molecule has 2 aromatic rings. The van der Waals surface area contributed by atoms with Crippen molar-refractivity contribution in [2.24, 2.45) is 5.73 Å². The third kappa shape index (κ3) is 4.25. The normalized spacial score (nSPS) is 26.8. The van der Waals surface area contributed by atoms with E-state index in [-0.39, 0.29) is 17.2 Å². The lowest BCUT2D eigenvalue weighted by Gasteiger charge is -2.54. The first-order valence-electron chi connectivity index (χ1n) is 10.9. The van der Waals surface area contributed by atoms with Crippen LogP contribution in [-0.4, -0.2) is 38.6 Å². The molecular formula is C24H32N2O4S. The molecule has 4 rings (SSSR count). The number of amides is 1. The van der Waals surface area contributed by atoms with Crippen molar-refractivity contribution < 1.29 is 18.6 Å². The van der Waals surface area contributed by atoms with Crippen LogP contribution in [-0.2, 0) is 21.5 Å². The number of nitrogens with two attached hydrogens (primary N) is 1. The lowest BCUT2D eigenvalue weighted by Crippen LogP contribution is -2.45. The molecule has 2 atom stereocenters. The largest absolute Gasteiger partial charge is 0.381 e. The van der Waals surface area contributed by atoms with Crippen molar-refractivity contribution in [3.63, 3.8) is 0 Å².